The second kappa shape index (κ2) is 5.49. The number of nitrogens with zero attached hydrogens (tertiary/aromatic N) is 4. The van der Waals surface area contributed by atoms with E-state index in [4.69, 9.17) is 4.52 Å². The van der Waals surface area contributed by atoms with Crippen molar-refractivity contribution in [2.75, 3.05) is 11.9 Å². The van der Waals surface area contributed by atoms with Crippen LogP contribution < -0.4 is 4.90 Å². The van der Waals surface area contributed by atoms with Crippen LogP contribution in [0.4, 0.5) is 23.4 Å². The lowest BCUT2D eigenvalue weighted by Crippen LogP contribution is -2.19. The minimum atomic E-state index is -4.54. The van der Waals surface area contributed by atoms with Crippen molar-refractivity contribution in [1.29, 1.82) is 0 Å². The van der Waals surface area contributed by atoms with Crippen LogP contribution in [0.5, 0.6) is 0 Å². The maximum Gasteiger partial charge on any atom is 0.433 e. The van der Waals surface area contributed by atoms with E-state index in [1.165, 1.54) is 23.1 Å². The van der Waals surface area contributed by atoms with E-state index >= 15 is 0 Å². The third kappa shape index (κ3) is 3.08. The molecule has 0 aliphatic rings. The topological polar surface area (TPSA) is 55.1 Å². The zero-order chi connectivity index (χ0) is 16.6. The van der Waals surface area contributed by atoms with Crippen molar-refractivity contribution in [2.24, 2.45) is 0 Å². The van der Waals surface area contributed by atoms with Crippen LogP contribution in [0.1, 0.15) is 11.4 Å². The maximum absolute atomic E-state index is 13.1. The Hall–Kier alpha value is -2.71. The normalized spacial score (nSPS) is 11.9. The number of hydrogen-bond donors (Lipinski definition) is 0. The number of halogens is 4. The van der Waals surface area contributed by atoms with Crippen molar-refractivity contribution in [2.45, 2.75) is 12.7 Å². The number of aromatic nitrogens is 3. The molecule has 9 heteroatoms. The minimum absolute atomic E-state index is 0.0885. The molecule has 0 N–H and O–H groups in total. The Bertz CT molecular complexity index is 846. The van der Waals surface area contributed by atoms with Crippen molar-refractivity contribution < 1.29 is 22.1 Å². The molecular weight excluding hydrogens is 316 g/mol. The molecule has 0 amide bonds. The summed E-state index contributed by atoms with van der Waals surface area (Å²) < 4.78 is 56.2. The first-order valence-electron chi connectivity index (χ1n) is 6.49. The van der Waals surface area contributed by atoms with E-state index in [2.05, 4.69) is 15.1 Å². The Balaban J connectivity index is 1.87. The molecule has 0 atom stereocenters. The first-order chi connectivity index (χ1) is 10.8. The van der Waals surface area contributed by atoms with Crippen molar-refractivity contribution in [1.82, 2.24) is 15.1 Å². The van der Waals surface area contributed by atoms with Gasteiger partial charge in [0.2, 0.25) is 0 Å². The predicted molar refractivity (Wildman–Crippen MR) is 73.1 cm³/mol. The van der Waals surface area contributed by atoms with E-state index in [0.29, 0.717) is 11.1 Å². The lowest BCUT2D eigenvalue weighted by molar-refractivity contribution is -0.141. The van der Waals surface area contributed by atoms with Crippen LogP contribution in [0.25, 0.3) is 11.0 Å². The molecule has 23 heavy (non-hydrogen) atoms. The summed E-state index contributed by atoms with van der Waals surface area (Å²) in [6.45, 7) is 0.146. The fourth-order valence-corrected chi connectivity index (χ4v) is 2.09. The fraction of sp³-hybridized carbons (Fsp3) is 0.214. The molecule has 0 aliphatic heterocycles. The van der Waals surface area contributed by atoms with Gasteiger partial charge in [-0.2, -0.15) is 13.2 Å². The summed E-state index contributed by atoms with van der Waals surface area (Å²) in [5, 5.41) is 4.41. The van der Waals surface area contributed by atoms with Gasteiger partial charge in [0.25, 0.3) is 0 Å². The Morgan fingerprint density at radius 1 is 1.17 bits per heavy atom. The van der Waals surface area contributed by atoms with E-state index < -0.39 is 17.7 Å². The summed E-state index contributed by atoms with van der Waals surface area (Å²) in [4.78, 5) is 8.50. The van der Waals surface area contributed by atoms with Gasteiger partial charge in [0.1, 0.15) is 29.4 Å². The first kappa shape index (κ1) is 15.2. The molecule has 5 nitrogen and oxygen atoms in total. The molecule has 2 aromatic heterocycles. The highest BCUT2D eigenvalue weighted by atomic mass is 19.4. The van der Waals surface area contributed by atoms with Gasteiger partial charge in [-0.25, -0.2) is 14.4 Å². The summed E-state index contributed by atoms with van der Waals surface area (Å²) in [6, 6.07) is 4.81. The molecule has 0 radical (unpaired) electrons. The van der Waals surface area contributed by atoms with Crippen LogP contribution in [0.15, 0.2) is 35.1 Å². The first-order valence-corrected chi connectivity index (χ1v) is 6.49. The number of alkyl halides is 3. The molecule has 0 fully saturated rings. The Morgan fingerprint density at radius 2 is 1.96 bits per heavy atom. The van der Waals surface area contributed by atoms with Crippen molar-refractivity contribution in [3.05, 3.63) is 47.8 Å². The summed E-state index contributed by atoms with van der Waals surface area (Å²) in [5.41, 5.74) is -0.289. The minimum Gasteiger partial charge on any atom is -0.356 e. The van der Waals surface area contributed by atoms with Crippen LogP contribution in [0.3, 0.4) is 0 Å². The molecule has 120 valence electrons. The monoisotopic (exact) mass is 326 g/mol. The number of fused-ring (bicyclic) bond motifs is 1. The van der Waals surface area contributed by atoms with Crippen molar-refractivity contribution in [3.63, 3.8) is 0 Å². The highest BCUT2D eigenvalue weighted by Crippen LogP contribution is 2.29. The fourth-order valence-electron chi connectivity index (χ4n) is 2.09. The van der Waals surface area contributed by atoms with Crippen LogP contribution in [0.2, 0.25) is 0 Å². The van der Waals surface area contributed by atoms with Gasteiger partial charge in [0.05, 0.1) is 6.54 Å². The molecule has 1 aromatic carbocycles. The molecule has 0 bridgehead atoms. The molecule has 0 aliphatic carbocycles. The zero-order valence-corrected chi connectivity index (χ0v) is 11.8. The second-order valence-corrected chi connectivity index (χ2v) is 4.89. The number of rotatable bonds is 3. The predicted octanol–water partition coefficient (Wildman–Crippen LogP) is 3.41. The van der Waals surface area contributed by atoms with E-state index in [0.717, 1.165) is 12.4 Å². The van der Waals surface area contributed by atoms with Gasteiger partial charge in [-0.1, -0.05) is 5.16 Å². The largest absolute Gasteiger partial charge is 0.433 e. The molecule has 0 saturated heterocycles. The maximum atomic E-state index is 13.1. The van der Waals surface area contributed by atoms with Crippen LogP contribution in [-0.2, 0) is 12.7 Å². The molecule has 0 spiro atoms. The highest BCUT2D eigenvalue weighted by molar-refractivity contribution is 5.79. The molecule has 2 heterocycles. The third-order valence-corrected chi connectivity index (χ3v) is 3.23. The summed E-state index contributed by atoms with van der Waals surface area (Å²) >= 11 is 0. The van der Waals surface area contributed by atoms with Crippen LogP contribution in [-0.4, -0.2) is 22.2 Å². The lowest BCUT2D eigenvalue weighted by atomic mass is 10.2. The number of anilines is 1. The van der Waals surface area contributed by atoms with Gasteiger partial charge in [-0.3, -0.25) is 0 Å². The molecule has 0 unspecified atom stereocenters. The standard InChI is InChI=1S/C14H10F4N4O/c1-22(13-5-12(14(16,17)18)19-7-20-13)6-10-9-3-2-8(15)4-11(9)23-21-10/h2-5,7H,6H2,1H3. The SMILES string of the molecule is CN(Cc1noc2cc(F)ccc12)c1cc(C(F)(F)F)ncn1. The second-order valence-electron chi connectivity index (χ2n) is 4.89. The lowest BCUT2D eigenvalue weighted by Gasteiger charge is -2.17. The van der Waals surface area contributed by atoms with Gasteiger partial charge >= 0.3 is 6.18 Å². The van der Waals surface area contributed by atoms with E-state index in [9.17, 15) is 17.6 Å². The molecule has 0 saturated carbocycles. The average molecular weight is 326 g/mol. The van der Waals surface area contributed by atoms with Gasteiger partial charge < -0.3 is 9.42 Å². The highest BCUT2D eigenvalue weighted by Gasteiger charge is 2.33. The Labute approximate surface area is 127 Å². The van der Waals surface area contributed by atoms with E-state index in [1.54, 1.807) is 7.05 Å². The number of benzene rings is 1. The van der Waals surface area contributed by atoms with Gasteiger partial charge in [-0.15, -0.1) is 0 Å². The zero-order valence-electron chi connectivity index (χ0n) is 11.8. The van der Waals surface area contributed by atoms with Crippen molar-refractivity contribution in [3.8, 4) is 0 Å². The Kier molecular flexibility index (Phi) is 3.63. The summed E-state index contributed by atoms with van der Waals surface area (Å²) in [6.07, 6.45) is -3.69. The van der Waals surface area contributed by atoms with Gasteiger partial charge in [0, 0.05) is 24.6 Å². The molecule has 3 aromatic rings. The quantitative estimate of drug-likeness (QED) is 0.690. The van der Waals surface area contributed by atoms with Crippen molar-refractivity contribution >= 4 is 16.8 Å². The third-order valence-electron chi connectivity index (χ3n) is 3.23. The Morgan fingerprint density at radius 3 is 2.70 bits per heavy atom. The summed E-state index contributed by atoms with van der Waals surface area (Å²) in [5.74, 6) is -0.371. The summed E-state index contributed by atoms with van der Waals surface area (Å²) in [7, 11) is 1.56. The van der Waals surface area contributed by atoms with E-state index in [-0.39, 0.29) is 17.9 Å². The molecular formula is C14H10F4N4O. The van der Waals surface area contributed by atoms with E-state index in [1.807, 2.05) is 0 Å². The molecule has 3 rings (SSSR count). The van der Waals surface area contributed by atoms with Crippen LogP contribution >= 0.6 is 0 Å². The average Bonchev–Trinajstić information content (AvgIpc) is 2.88. The smallest absolute Gasteiger partial charge is 0.356 e. The number of hydrogen-bond acceptors (Lipinski definition) is 5. The van der Waals surface area contributed by atoms with Crippen LogP contribution in [0, 0.1) is 5.82 Å². The van der Waals surface area contributed by atoms with Gasteiger partial charge in [-0.05, 0) is 12.1 Å². The van der Waals surface area contributed by atoms with Gasteiger partial charge in [0.15, 0.2) is 5.58 Å².